The lowest BCUT2D eigenvalue weighted by atomic mass is 10.1. The van der Waals surface area contributed by atoms with Crippen LogP contribution in [0.15, 0.2) is 18.2 Å². The van der Waals surface area contributed by atoms with E-state index in [0.717, 1.165) is 0 Å². The van der Waals surface area contributed by atoms with Crippen molar-refractivity contribution in [1.29, 1.82) is 0 Å². The Morgan fingerprint density at radius 3 is 2.92 bits per heavy atom. The average molecular weight is 204 g/mol. The fraction of sp³-hybridized carbons (Fsp3) is 0.333. The summed E-state index contributed by atoms with van der Waals surface area (Å²) in [5.41, 5.74) is 0.224. The Morgan fingerprint density at radius 1 is 1.62 bits per heavy atom. The molecule has 0 radical (unpaired) electrons. The molecule has 0 saturated heterocycles. The lowest BCUT2D eigenvalue weighted by Gasteiger charge is -2.11. The maximum atomic E-state index is 13.3. The number of hydrogen-bond donors (Lipinski definition) is 2. The van der Waals surface area contributed by atoms with Gasteiger partial charge in [0.1, 0.15) is 5.82 Å². The molecule has 1 unspecified atom stereocenters. The summed E-state index contributed by atoms with van der Waals surface area (Å²) in [7, 11) is 1.69. The molecule has 1 aromatic carbocycles. The lowest BCUT2D eigenvalue weighted by Crippen LogP contribution is -2.17. The molecule has 0 amide bonds. The highest BCUT2D eigenvalue weighted by molar-refractivity contribution is 6.30. The van der Waals surface area contributed by atoms with E-state index in [1.165, 1.54) is 12.1 Å². The van der Waals surface area contributed by atoms with Gasteiger partial charge >= 0.3 is 0 Å². The predicted molar refractivity (Wildman–Crippen MR) is 50.3 cm³/mol. The molecule has 0 heterocycles. The van der Waals surface area contributed by atoms with E-state index in [1.54, 1.807) is 13.1 Å². The van der Waals surface area contributed by atoms with Gasteiger partial charge in [-0.1, -0.05) is 23.7 Å². The minimum absolute atomic E-state index is 0.0349. The van der Waals surface area contributed by atoms with Crippen LogP contribution in [0.1, 0.15) is 11.7 Å². The van der Waals surface area contributed by atoms with E-state index in [-0.39, 0.29) is 10.6 Å². The van der Waals surface area contributed by atoms with Crippen molar-refractivity contribution in [3.8, 4) is 0 Å². The number of aliphatic hydroxyl groups is 1. The fourth-order valence-electron chi connectivity index (χ4n) is 1.08. The van der Waals surface area contributed by atoms with Gasteiger partial charge in [0.15, 0.2) is 0 Å². The molecule has 0 aliphatic heterocycles. The summed E-state index contributed by atoms with van der Waals surface area (Å²) in [6, 6.07) is 4.58. The first-order valence-electron chi connectivity index (χ1n) is 3.93. The highest BCUT2D eigenvalue weighted by Gasteiger charge is 2.13. The molecule has 1 rings (SSSR count). The van der Waals surface area contributed by atoms with Crippen LogP contribution >= 0.6 is 11.6 Å². The number of likely N-dealkylation sites (N-methyl/N-ethyl adjacent to an activating group) is 1. The van der Waals surface area contributed by atoms with Gasteiger partial charge in [-0.15, -0.1) is 0 Å². The van der Waals surface area contributed by atoms with Gasteiger partial charge in [-0.3, -0.25) is 0 Å². The normalized spacial score (nSPS) is 12.9. The zero-order chi connectivity index (χ0) is 9.84. The van der Waals surface area contributed by atoms with Crippen molar-refractivity contribution in [2.75, 3.05) is 13.6 Å². The van der Waals surface area contributed by atoms with Crippen molar-refractivity contribution >= 4 is 11.6 Å². The molecule has 0 aliphatic carbocycles. The lowest BCUT2D eigenvalue weighted by molar-refractivity contribution is 0.173. The molecule has 0 saturated carbocycles. The zero-order valence-electron chi connectivity index (χ0n) is 7.22. The third-order valence-electron chi connectivity index (χ3n) is 1.74. The van der Waals surface area contributed by atoms with E-state index in [1.807, 2.05) is 0 Å². The second kappa shape index (κ2) is 4.56. The Labute approximate surface area is 81.3 Å². The molecule has 0 spiro atoms. The third-order valence-corrected chi connectivity index (χ3v) is 2.03. The van der Waals surface area contributed by atoms with Crippen LogP contribution in [0.3, 0.4) is 0 Å². The van der Waals surface area contributed by atoms with Gasteiger partial charge < -0.3 is 10.4 Å². The van der Waals surface area contributed by atoms with Gasteiger partial charge in [-0.2, -0.15) is 0 Å². The number of rotatable bonds is 3. The maximum absolute atomic E-state index is 13.3. The minimum Gasteiger partial charge on any atom is -0.387 e. The van der Waals surface area contributed by atoms with Gasteiger partial charge in [0, 0.05) is 12.1 Å². The Kier molecular flexibility index (Phi) is 3.66. The molecule has 4 heteroatoms. The van der Waals surface area contributed by atoms with Crippen molar-refractivity contribution in [3.63, 3.8) is 0 Å². The first-order valence-corrected chi connectivity index (χ1v) is 4.31. The predicted octanol–water partition coefficient (Wildman–Crippen LogP) is 1.73. The molecular formula is C9H11ClFNO. The molecule has 1 aromatic rings. The SMILES string of the molecule is CNCC(O)c1cccc(Cl)c1F. The molecule has 13 heavy (non-hydrogen) atoms. The Balaban J connectivity index is 2.93. The van der Waals surface area contributed by atoms with E-state index in [0.29, 0.717) is 6.54 Å². The van der Waals surface area contributed by atoms with E-state index in [2.05, 4.69) is 5.32 Å². The van der Waals surface area contributed by atoms with Crippen molar-refractivity contribution in [2.45, 2.75) is 6.10 Å². The number of hydrogen-bond acceptors (Lipinski definition) is 2. The number of halogens is 2. The smallest absolute Gasteiger partial charge is 0.147 e. The quantitative estimate of drug-likeness (QED) is 0.784. The molecule has 0 fully saturated rings. The summed E-state index contributed by atoms with van der Waals surface area (Å²) in [5.74, 6) is -0.549. The monoisotopic (exact) mass is 203 g/mol. The summed E-state index contributed by atoms with van der Waals surface area (Å²) < 4.78 is 13.3. The highest BCUT2D eigenvalue weighted by Crippen LogP contribution is 2.22. The maximum Gasteiger partial charge on any atom is 0.147 e. The third kappa shape index (κ3) is 2.40. The molecule has 1 atom stereocenters. The molecule has 72 valence electrons. The summed E-state index contributed by atoms with van der Waals surface area (Å²) in [6.07, 6.45) is -0.858. The van der Waals surface area contributed by atoms with Crippen molar-refractivity contribution in [2.24, 2.45) is 0 Å². The largest absolute Gasteiger partial charge is 0.387 e. The second-order valence-corrected chi connectivity index (χ2v) is 3.12. The summed E-state index contributed by atoms with van der Waals surface area (Å²) in [5, 5.41) is 12.3. The summed E-state index contributed by atoms with van der Waals surface area (Å²) in [4.78, 5) is 0. The van der Waals surface area contributed by atoms with Crippen molar-refractivity contribution < 1.29 is 9.50 Å². The first kappa shape index (κ1) is 10.4. The van der Waals surface area contributed by atoms with Gasteiger partial charge in [-0.05, 0) is 13.1 Å². The number of aliphatic hydroxyl groups excluding tert-OH is 1. The van der Waals surface area contributed by atoms with Crippen LogP contribution < -0.4 is 5.32 Å². The number of nitrogens with one attached hydrogen (secondary N) is 1. The van der Waals surface area contributed by atoms with Crippen LogP contribution in [0.5, 0.6) is 0 Å². The molecule has 0 aromatic heterocycles. The molecule has 0 aliphatic rings. The van der Waals surface area contributed by atoms with E-state index in [9.17, 15) is 9.50 Å². The van der Waals surface area contributed by atoms with Gasteiger partial charge in [-0.25, -0.2) is 4.39 Å². The molecule has 2 nitrogen and oxygen atoms in total. The van der Waals surface area contributed by atoms with Crippen LogP contribution in [0.4, 0.5) is 4.39 Å². The van der Waals surface area contributed by atoms with E-state index in [4.69, 9.17) is 11.6 Å². The molecular weight excluding hydrogens is 193 g/mol. The molecule has 2 N–H and O–H groups in total. The second-order valence-electron chi connectivity index (χ2n) is 2.72. The van der Waals surface area contributed by atoms with Crippen LogP contribution in [0, 0.1) is 5.82 Å². The fourth-order valence-corrected chi connectivity index (χ4v) is 1.26. The number of benzene rings is 1. The molecule has 0 bridgehead atoms. The van der Waals surface area contributed by atoms with Crippen LogP contribution in [-0.4, -0.2) is 18.7 Å². The van der Waals surface area contributed by atoms with Gasteiger partial charge in [0.2, 0.25) is 0 Å². The average Bonchev–Trinajstić information content (AvgIpc) is 2.10. The topological polar surface area (TPSA) is 32.3 Å². The first-order chi connectivity index (χ1) is 6.16. The van der Waals surface area contributed by atoms with Gasteiger partial charge in [0.05, 0.1) is 11.1 Å². The minimum atomic E-state index is -0.858. The zero-order valence-corrected chi connectivity index (χ0v) is 7.98. The van der Waals surface area contributed by atoms with E-state index < -0.39 is 11.9 Å². The van der Waals surface area contributed by atoms with Crippen molar-refractivity contribution in [1.82, 2.24) is 5.32 Å². The van der Waals surface area contributed by atoms with E-state index >= 15 is 0 Å². The van der Waals surface area contributed by atoms with Crippen LogP contribution in [0.25, 0.3) is 0 Å². The Morgan fingerprint density at radius 2 is 2.31 bits per heavy atom. The Bertz CT molecular complexity index is 293. The van der Waals surface area contributed by atoms with Crippen LogP contribution in [0.2, 0.25) is 5.02 Å². The summed E-state index contributed by atoms with van der Waals surface area (Å²) in [6.45, 7) is 0.303. The van der Waals surface area contributed by atoms with Crippen molar-refractivity contribution in [3.05, 3.63) is 34.6 Å². The van der Waals surface area contributed by atoms with Crippen LogP contribution in [-0.2, 0) is 0 Å². The standard InChI is InChI=1S/C9H11ClFNO/c1-12-5-8(13)6-3-2-4-7(10)9(6)11/h2-4,8,12-13H,5H2,1H3. The van der Waals surface area contributed by atoms with Gasteiger partial charge in [0.25, 0.3) is 0 Å². The summed E-state index contributed by atoms with van der Waals surface area (Å²) >= 11 is 5.55. The Hall–Kier alpha value is -0.640. The highest BCUT2D eigenvalue weighted by atomic mass is 35.5.